The van der Waals surface area contributed by atoms with Gasteiger partial charge in [-0.3, -0.25) is 9.10 Å². The van der Waals surface area contributed by atoms with E-state index in [9.17, 15) is 18.0 Å². The van der Waals surface area contributed by atoms with Gasteiger partial charge in [0.2, 0.25) is 10.0 Å². The highest BCUT2D eigenvalue weighted by Crippen LogP contribution is 2.38. The second kappa shape index (κ2) is 11.1. The third-order valence-electron chi connectivity index (χ3n) is 6.70. The van der Waals surface area contributed by atoms with E-state index < -0.39 is 16.0 Å². The fraction of sp³-hybridized carbons (Fsp3) is 0.207. The highest BCUT2D eigenvalue weighted by atomic mass is 32.2. The Kier molecular flexibility index (Phi) is 7.52. The van der Waals surface area contributed by atoms with Gasteiger partial charge in [0, 0.05) is 48.5 Å². The standard InChI is InChI=1S/C29H30N6O5S/c1-33(2)15-16-35(41(4,38)39)22-8-6-21(7-9-22)31-27(19-11-13-34-14-12-30-25(34)18-19)26-23-10-5-20(29(37)40-3)17-24(23)32-28(26)36/h5-14,17-18,31H,15-16H2,1-4H3,(H,32,36). The molecule has 1 amide bonds. The van der Waals surface area contributed by atoms with Crippen molar-refractivity contribution >= 4 is 55.9 Å². The number of nitrogens with one attached hydrogen (secondary N) is 2. The van der Waals surface area contributed by atoms with Crippen molar-refractivity contribution < 1.29 is 22.7 Å². The summed E-state index contributed by atoms with van der Waals surface area (Å²) in [4.78, 5) is 31.7. The summed E-state index contributed by atoms with van der Waals surface area (Å²) in [6.45, 7) is 0.870. The van der Waals surface area contributed by atoms with Gasteiger partial charge in [-0.05, 0) is 62.6 Å². The number of benzene rings is 2. The SMILES string of the molecule is COC(=O)c1ccc2c(c1)NC(=O)C2=C(Nc1ccc(N(CCN(C)C)S(C)(=O)=O)cc1)c1ccn2ccnc2c1. The molecule has 4 aromatic rings. The summed E-state index contributed by atoms with van der Waals surface area (Å²) >= 11 is 0. The summed E-state index contributed by atoms with van der Waals surface area (Å²) in [5.74, 6) is -0.840. The van der Waals surface area contributed by atoms with Gasteiger partial charge in [-0.2, -0.15) is 0 Å². The quantitative estimate of drug-likeness (QED) is 0.230. The van der Waals surface area contributed by atoms with Crippen molar-refractivity contribution in [2.24, 2.45) is 0 Å². The van der Waals surface area contributed by atoms with E-state index in [0.717, 1.165) is 0 Å². The number of ether oxygens (including phenoxy) is 1. The first-order valence-electron chi connectivity index (χ1n) is 12.8. The lowest BCUT2D eigenvalue weighted by Crippen LogP contribution is -2.35. The number of imidazole rings is 1. The minimum Gasteiger partial charge on any atom is -0.465 e. The van der Waals surface area contributed by atoms with E-state index in [0.29, 0.717) is 63.8 Å². The lowest BCUT2D eigenvalue weighted by Gasteiger charge is -2.24. The van der Waals surface area contributed by atoms with Crippen molar-refractivity contribution in [2.75, 3.05) is 55.5 Å². The van der Waals surface area contributed by atoms with Crippen LogP contribution >= 0.6 is 0 Å². The number of amides is 1. The molecule has 0 saturated heterocycles. The van der Waals surface area contributed by atoms with E-state index in [-0.39, 0.29) is 5.91 Å². The lowest BCUT2D eigenvalue weighted by molar-refractivity contribution is -0.110. The number of esters is 1. The van der Waals surface area contributed by atoms with Crippen LogP contribution in [-0.2, 0) is 19.6 Å². The average Bonchev–Trinajstić information content (AvgIpc) is 3.53. The number of nitrogens with zero attached hydrogens (tertiary/aromatic N) is 4. The van der Waals surface area contributed by atoms with Crippen LogP contribution in [0.1, 0.15) is 21.5 Å². The first kappa shape index (κ1) is 27.9. The van der Waals surface area contributed by atoms with Gasteiger partial charge in [-0.15, -0.1) is 0 Å². The van der Waals surface area contributed by atoms with Crippen molar-refractivity contribution in [3.63, 3.8) is 0 Å². The van der Waals surface area contributed by atoms with Crippen molar-refractivity contribution in [1.82, 2.24) is 14.3 Å². The van der Waals surface area contributed by atoms with Gasteiger partial charge in [0.1, 0.15) is 5.65 Å². The molecular formula is C29H30N6O5S. The Morgan fingerprint density at radius 1 is 1.02 bits per heavy atom. The summed E-state index contributed by atoms with van der Waals surface area (Å²) in [5, 5.41) is 6.24. The molecule has 0 spiro atoms. The number of carbonyl (C=O) groups excluding carboxylic acids is 2. The Bertz CT molecular complexity index is 1780. The van der Waals surface area contributed by atoms with Gasteiger partial charge >= 0.3 is 5.97 Å². The zero-order valence-corrected chi connectivity index (χ0v) is 23.9. The van der Waals surface area contributed by atoms with Gasteiger partial charge in [0.15, 0.2) is 0 Å². The number of pyridine rings is 1. The molecule has 2 aromatic heterocycles. The predicted molar refractivity (Wildman–Crippen MR) is 159 cm³/mol. The van der Waals surface area contributed by atoms with E-state index in [4.69, 9.17) is 4.74 Å². The van der Waals surface area contributed by atoms with Crippen LogP contribution in [0, 0.1) is 0 Å². The van der Waals surface area contributed by atoms with Crippen molar-refractivity contribution in [3.8, 4) is 0 Å². The highest BCUT2D eigenvalue weighted by Gasteiger charge is 2.30. The number of sulfonamides is 1. The Hall–Kier alpha value is -4.68. The van der Waals surface area contributed by atoms with Crippen molar-refractivity contribution in [3.05, 3.63) is 89.9 Å². The zero-order valence-electron chi connectivity index (χ0n) is 23.1. The van der Waals surface area contributed by atoms with E-state index in [1.807, 2.05) is 47.9 Å². The number of anilines is 3. The highest BCUT2D eigenvalue weighted by molar-refractivity contribution is 7.92. The molecule has 212 valence electrons. The maximum atomic E-state index is 13.4. The molecule has 12 heteroatoms. The van der Waals surface area contributed by atoms with Crippen LogP contribution < -0.4 is 14.9 Å². The normalized spacial score (nSPS) is 14.1. The molecule has 0 unspecified atom stereocenters. The molecule has 2 N–H and O–H groups in total. The Morgan fingerprint density at radius 2 is 1.78 bits per heavy atom. The van der Waals surface area contributed by atoms with E-state index >= 15 is 0 Å². The van der Waals surface area contributed by atoms with Crippen LogP contribution in [0.4, 0.5) is 17.1 Å². The van der Waals surface area contributed by atoms with Crippen LogP contribution in [-0.4, -0.2) is 75.1 Å². The van der Waals surface area contributed by atoms with Crippen LogP contribution in [0.3, 0.4) is 0 Å². The summed E-state index contributed by atoms with van der Waals surface area (Å²) in [6.07, 6.45) is 6.55. The molecule has 1 aliphatic heterocycles. The summed E-state index contributed by atoms with van der Waals surface area (Å²) in [5.41, 5.74) is 4.94. The third-order valence-corrected chi connectivity index (χ3v) is 7.89. The average molecular weight is 575 g/mol. The van der Waals surface area contributed by atoms with Crippen molar-refractivity contribution in [2.45, 2.75) is 0 Å². The summed E-state index contributed by atoms with van der Waals surface area (Å²) in [7, 11) is 1.58. The molecule has 2 aromatic carbocycles. The Balaban J connectivity index is 1.57. The van der Waals surface area contributed by atoms with Gasteiger partial charge in [-0.1, -0.05) is 6.07 Å². The monoisotopic (exact) mass is 574 g/mol. The molecule has 41 heavy (non-hydrogen) atoms. The summed E-state index contributed by atoms with van der Waals surface area (Å²) in [6, 6.07) is 15.6. The number of methoxy groups -OCH3 is 1. The van der Waals surface area contributed by atoms with Crippen LogP contribution in [0.15, 0.2) is 73.2 Å². The zero-order chi connectivity index (χ0) is 29.3. The number of carbonyl (C=O) groups is 2. The van der Waals surface area contributed by atoms with E-state index in [2.05, 4.69) is 15.6 Å². The van der Waals surface area contributed by atoms with Crippen LogP contribution in [0.2, 0.25) is 0 Å². The predicted octanol–water partition coefficient (Wildman–Crippen LogP) is 3.38. The van der Waals surface area contributed by atoms with Crippen LogP contribution in [0.5, 0.6) is 0 Å². The van der Waals surface area contributed by atoms with E-state index in [1.165, 1.54) is 17.7 Å². The Labute approximate surface area is 238 Å². The third kappa shape index (κ3) is 5.79. The maximum Gasteiger partial charge on any atom is 0.337 e. The first-order chi connectivity index (χ1) is 19.5. The number of rotatable bonds is 9. The number of likely N-dealkylation sites (N-methyl/N-ethyl adjacent to an activating group) is 1. The molecule has 11 nitrogen and oxygen atoms in total. The smallest absolute Gasteiger partial charge is 0.337 e. The van der Waals surface area contributed by atoms with E-state index in [1.54, 1.807) is 48.7 Å². The molecule has 0 fully saturated rings. The second-order valence-electron chi connectivity index (χ2n) is 9.87. The van der Waals surface area contributed by atoms with Gasteiger partial charge in [-0.25, -0.2) is 18.2 Å². The minimum atomic E-state index is -3.49. The topological polar surface area (TPSA) is 125 Å². The molecular weight excluding hydrogens is 544 g/mol. The number of hydrogen-bond acceptors (Lipinski definition) is 8. The number of fused-ring (bicyclic) bond motifs is 2. The largest absolute Gasteiger partial charge is 0.465 e. The molecule has 0 saturated carbocycles. The first-order valence-corrected chi connectivity index (χ1v) is 14.6. The van der Waals surface area contributed by atoms with Crippen LogP contribution in [0.25, 0.3) is 16.9 Å². The molecule has 0 aliphatic carbocycles. The molecule has 0 atom stereocenters. The second-order valence-corrected chi connectivity index (χ2v) is 11.8. The number of hydrogen-bond donors (Lipinski definition) is 2. The number of aromatic nitrogens is 2. The minimum absolute atomic E-state index is 0.308. The van der Waals surface area contributed by atoms with Gasteiger partial charge in [0.25, 0.3) is 5.91 Å². The van der Waals surface area contributed by atoms with Crippen molar-refractivity contribution in [1.29, 1.82) is 0 Å². The molecule has 3 heterocycles. The fourth-order valence-electron chi connectivity index (χ4n) is 4.64. The maximum absolute atomic E-state index is 13.4. The molecule has 1 aliphatic rings. The Morgan fingerprint density at radius 3 is 2.46 bits per heavy atom. The fourth-order valence-corrected chi connectivity index (χ4v) is 5.56. The lowest BCUT2D eigenvalue weighted by atomic mass is 9.99. The van der Waals surface area contributed by atoms with Gasteiger partial charge in [0.05, 0.1) is 41.6 Å². The molecule has 5 rings (SSSR count). The van der Waals surface area contributed by atoms with Gasteiger partial charge < -0.3 is 24.7 Å². The summed E-state index contributed by atoms with van der Waals surface area (Å²) < 4.78 is 33.0. The molecule has 0 radical (unpaired) electrons. The molecule has 0 bridgehead atoms.